The van der Waals surface area contributed by atoms with Gasteiger partial charge in [-0.25, -0.2) is 4.39 Å². The number of ether oxygens (including phenoxy) is 1. The molecule has 3 aromatic rings. The number of phenols is 1. The molecule has 3 rings (SSSR count). The molecule has 7 heteroatoms. The first-order valence-electron chi connectivity index (χ1n) is 7.71. The Morgan fingerprint density at radius 1 is 1.19 bits per heavy atom. The highest BCUT2D eigenvalue weighted by molar-refractivity contribution is 5.85. The first-order valence-corrected chi connectivity index (χ1v) is 7.71. The van der Waals surface area contributed by atoms with Crippen LogP contribution in [0.25, 0.3) is 10.8 Å². The Balaban J connectivity index is 0.000000758. The number of methoxy groups -OCH3 is 1. The van der Waals surface area contributed by atoms with Gasteiger partial charge in [-0.2, -0.15) is 4.57 Å². The number of aryl methyl sites for hydroxylation is 2. The number of fused-ring (bicyclic) bond motifs is 1. The second-order valence-electron chi connectivity index (χ2n) is 5.45. The van der Waals surface area contributed by atoms with Crippen molar-refractivity contribution < 1.29 is 33.8 Å². The third-order valence-corrected chi connectivity index (χ3v) is 3.79. The van der Waals surface area contributed by atoms with Crippen LogP contribution in [0.1, 0.15) is 5.56 Å². The fourth-order valence-corrected chi connectivity index (χ4v) is 2.58. The summed E-state index contributed by atoms with van der Waals surface area (Å²) < 4.78 is 20.0. The number of carbonyl (C=O) groups excluding carboxylic acids is 1. The number of halogens is 1. The molecule has 0 saturated heterocycles. The van der Waals surface area contributed by atoms with Crippen LogP contribution in [0.5, 0.6) is 17.4 Å². The first-order chi connectivity index (χ1) is 12.5. The van der Waals surface area contributed by atoms with E-state index in [1.807, 2.05) is 6.07 Å². The number of nitrogens with zero attached hydrogens (tertiary/aromatic N) is 1. The third kappa shape index (κ3) is 4.60. The highest BCUT2D eigenvalue weighted by atomic mass is 19.1. The van der Waals surface area contributed by atoms with Crippen molar-refractivity contribution in [3.63, 3.8) is 0 Å². The minimum absolute atomic E-state index is 0.0249. The van der Waals surface area contributed by atoms with Crippen molar-refractivity contribution in [2.24, 2.45) is 0 Å². The number of aromatic hydroxyl groups is 2. The summed E-state index contributed by atoms with van der Waals surface area (Å²) in [6.07, 6.45) is 2.38. The second-order valence-corrected chi connectivity index (χ2v) is 5.45. The summed E-state index contributed by atoms with van der Waals surface area (Å²) in [4.78, 5) is 8.25. The first kappa shape index (κ1) is 19.0. The van der Waals surface area contributed by atoms with Gasteiger partial charge in [0.2, 0.25) is 0 Å². The van der Waals surface area contributed by atoms with E-state index in [1.54, 1.807) is 35.0 Å². The van der Waals surface area contributed by atoms with Gasteiger partial charge in [-0.1, -0.05) is 12.1 Å². The van der Waals surface area contributed by atoms with E-state index in [9.17, 15) is 14.6 Å². The van der Waals surface area contributed by atoms with Crippen LogP contribution >= 0.6 is 0 Å². The maximum absolute atomic E-state index is 13.2. The molecule has 0 bridgehead atoms. The minimum Gasteiger partial charge on any atom is -0.554 e. The van der Waals surface area contributed by atoms with Crippen molar-refractivity contribution in [1.82, 2.24) is 0 Å². The molecule has 2 aromatic carbocycles. The highest BCUT2D eigenvalue weighted by Crippen LogP contribution is 2.31. The number of aromatic nitrogens is 1. The van der Waals surface area contributed by atoms with Gasteiger partial charge in [-0.05, 0) is 29.8 Å². The number of hydrogen-bond acceptors (Lipinski definition) is 5. The zero-order valence-corrected chi connectivity index (χ0v) is 14.1. The zero-order valence-electron chi connectivity index (χ0n) is 14.1. The molecule has 0 unspecified atom stereocenters. The fourth-order valence-electron chi connectivity index (χ4n) is 2.58. The maximum atomic E-state index is 13.2. The molecule has 0 fully saturated rings. The molecule has 26 heavy (non-hydrogen) atoms. The Bertz CT molecular complexity index is 914. The molecule has 0 radical (unpaired) electrons. The second kappa shape index (κ2) is 8.66. The number of phenolic OH excluding ortho intramolecular Hbond substituents is 1. The number of benzene rings is 2. The number of carbonyl (C=O) groups is 1. The summed E-state index contributed by atoms with van der Waals surface area (Å²) in [6.45, 7) is 0.00835. The van der Waals surface area contributed by atoms with Crippen molar-refractivity contribution >= 4 is 17.2 Å². The van der Waals surface area contributed by atoms with Crippen molar-refractivity contribution in [3.05, 3.63) is 60.0 Å². The number of hydrogen-bond donors (Lipinski definition) is 2. The molecule has 0 aliphatic rings. The lowest BCUT2D eigenvalue weighted by atomic mass is 10.1. The molecule has 0 amide bonds. The molecule has 1 heterocycles. The van der Waals surface area contributed by atoms with Gasteiger partial charge >= 0.3 is 5.88 Å². The number of pyridine rings is 1. The standard InChI is InChI=1S/C18H16FNO3.CH2O2/c1-23-17-9-14-11-20(18(22)10-13(14)8-16(17)21)6-5-12-3-2-4-15(19)7-12;2-1-3/h2-4,7-11H,5-6H2,1H3,(H,21,22);1H,(H,2,3). The van der Waals surface area contributed by atoms with E-state index in [0.717, 1.165) is 10.9 Å². The van der Waals surface area contributed by atoms with Crippen LogP contribution in [-0.2, 0) is 17.8 Å². The molecule has 0 aliphatic carbocycles. The van der Waals surface area contributed by atoms with Gasteiger partial charge < -0.3 is 24.9 Å². The lowest BCUT2D eigenvalue weighted by Crippen LogP contribution is -2.34. The molecule has 2 N–H and O–H groups in total. The predicted octanol–water partition coefficient (Wildman–Crippen LogP) is 1.29. The van der Waals surface area contributed by atoms with Crippen LogP contribution in [0.15, 0.2) is 48.7 Å². The average molecular weight is 359 g/mol. The molecular formula is C19H18FNO5. The van der Waals surface area contributed by atoms with E-state index in [2.05, 4.69) is 0 Å². The van der Waals surface area contributed by atoms with Crippen LogP contribution in [0.4, 0.5) is 4.39 Å². The smallest absolute Gasteiger partial charge is 0.365 e. The van der Waals surface area contributed by atoms with Gasteiger partial charge in [0, 0.05) is 23.7 Å². The van der Waals surface area contributed by atoms with Crippen LogP contribution in [0.2, 0.25) is 0 Å². The Hall–Kier alpha value is -3.35. The van der Waals surface area contributed by atoms with Crippen molar-refractivity contribution in [1.29, 1.82) is 0 Å². The quantitative estimate of drug-likeness (QED) is 0.541. The largest absolute Gasteiger partial charge is 0.554 e. The van der Waals surface area contributed by atoms with Crippen LogP contribution in [0.3, 0.4) is 0 Å². The summed E-state index contributed by atoms with van der Waals surface area (Å²) in [5.41, 5.74) is 0.861. The van der Waals surface area contributed by atoms with Gasteiger partial charge in [0.15, 0.2) is 24.2 Å². The molecule has 1 aromatic heterocycles. The minimum atomic E-state index is -0.500. The topological polar surface area (TPSA) is 93.7 Å². The Morgan fingerprint density at radius 3 is 2.58 bits per heavy atom. The molecular weight excluding hydrogens is 341 g/mol. The van der Waals surface area contributed by atoms with E-state index < -0.39 is 6.47 Å². The number of carboxylic acid groups (broad SMARTS) is 1. The number of rotatable bonds is 4. The van der Waals surface area contributed by atoms with Gasteiger partial charge in [0.05, 0.1) is 13.2 Å². The van der Waals surface area contributed by atoms with Gasteiger partial charge in [-0.3, -0.25) is 0 Å². The summed E-state index contributed by atoms with van der Waals surface area (Å²) >= 11 is 0. The molecule has 0 saturated carbocycles. The van der Waals surface area contributed by atoms with E-state index in [-0.39, 0.29) is 17.4 Å². The summed E-state index contributed by atoms with van der Waals surface area (Å²) in [7, 11) is 1.49. The van der Waals surface area contributed by atoms with Gasteiger partial charge in [-0.15, -0.1) is 0 Å². The lowest BCUT2D eigenvalue weighted by molar-refractivity contribution is -0.700. The van der Waals surface area contributed by atoms with Crippen LogP contribution < -0.4 is 14.4 Å². The lowest BCUT2D eigenvalue weighted by Gasteiger charge is -2.06. The van der Waals surface area contributed by atoms with Crippen LogP contribution in [-0.4, -0.2) is 23.8 Å². The normalized spacial score (nSPS) is 10.1. The summed E-state index contributed by atoms with van der Waals surface area (Å²) in [6, 6.07) is 11.3. The molecule has 0 spiro atoms. The van der Waals surface area contributed by atoms with E-state index in [0.29, 0.717) is 24.1 Å². The summed E-state index contributed by atoms with van der Waals surface area (Å²) in [5.74, 6) is 0.214. The highest BCUT2D eigenvalue weighted by Gasteiger charge is 2.14. The molecule has 0 atom stereocenters. The van der Waals surface area contributed by atoms with Gasteiger partial charge in [0.1, 0.15) is 5.82 Å². The third-order valence-electron chi connectivity index (χ3n) is 3.79. The van der Waals surface area contributed by atoms with E-state index >= 15 is 0 Å². The average Bonchev–Trinajstić information content (AvgIpc) is 2.60. The monoisotopic (exact) mass is 359 g/mol. The van der Waals surface area contributed by atoms with Gasteiger partial charge in [0.25, 0.3) is 0 Å². The van der Waals surface area contributed by atoms with Crippen LogP contribution in [0, 0.1) is 5.82 Å². The van der Waals surface area contributed by atoms with Crippen molar-refractivity contribution in [2.75, 3.05) is 7.11 Å². The van der Waals surface area contributed by atoms with E-state index in [4.69, 9.17) is 14.6 Å². The molecule has 0 aliphatic heterocycles. The van der Waals surface area contributed by atoms with Crippen molar-refractivity contribution in [2.45, 2.75) is 13.0 Å². The Kier molecular flexibility index (Phi) is 6.32. The van der Waals surface area contributed by atoms with Crippen molar-refractivity contribution in [3.8, 4) is 17.4 Å². The fraction of sp³-hybridized carbons (Fsp3) is 0.158. The Morgan fingerprint density at radius 2 is 1.92 bits per heavy atom. The molecule has 136 valence electrons. The maximum Gasteiger partial charge on any atom is 0.365 e. The summed E-state index contributed by atoms with van der Waals surface area (Å²) in [5, 5.41) is 29.7. The zero-order chi connectivity index (χ0) is 19.1. The Labute approximate surface area is 149 Å². The van der Waals surface area contributed by atoms with E-state index in [1.165, 1.54) is 19.2 Å². The molecule has 6 nitrogen and oxygen atoms in total. The SMILES string of the molecule is COc1cc2c[n+](CCc3cccc(F)c3)c(O)cc2cc1O.O=C[O-]. The predicted molar refractivity (Wildman–Crippen MR) is 90.2 cm³/mol.